The quantitative estimate of drug-likeness (QED) is 0.748. The molecule has 1 aliphatic rings. The first-order chi connectivity index (χ1) is 9.94. The zero-order valence-electron chi connectivity index (χ0n) is 11.9. The number of ether oxygens (including phenoxy) is 1. The van der Waals surface area contributed by atoms with Crippen LogP contribution in [0.2, 0.25) is 5.02 Å². The number of hydrogen-bond acceptors (Lipinski definition) is 2. The van der Waals surface area contributed by atoms with Gasteiger partial charge in [-0.05, 0) is 62.4 Å². The van der Waals surface area contributed by atoms with Gasteiger partial charge < -0.3 is 4.74 Å². The SMILES string of the molecule is CC1(C)C=Cc2cc(C(=O)c3ccc(Cl)cc3)ccc2O1. The van der Waals surface area contributed by atoms with E-state index in [0.717, 1.165) is 11.3 Å². The first-order valence-corrected chi connectivity index (χ1v) is 7.15. The van der Waals surface area contributed by atoms with E-state index in [1.54, 1.807) is 30.3 Å². The van der Waals surface area contributed by atoms with Crippen molar-refractivity contribution in [3.8, 4) is 5.75 Å². The van der Waals surface area contributed by atoms with Gasteiger partial charge in [0, 0.05) is 21.7 Å². The Morgan fingerprint density at radius 3 is 2.43 bits per heavy atom. The summed E-state index contributed by atoms with van der Waals surface area (Å²) in [7, 11) is 0. The van der Waals surface area contributed by atoms with E-state index in [2.05, 4.69) is 0 Å². The maximum atomic E-state index is 12.5. The highest BCUT2D eigenvalue weighted by Crippen LogP contribution is 2.31. The summed E-state index contributed by atoms with van der Waals surface area (Å²) < 4.78 is 5.86. The molecule has 0 unspecified atom stereocenters. The van der Waals surface area contributed by atoms with Crippen LogP contribution >= 0.6 is 11.6 Å². The summed E-state index contributed by atoms with van der Waals surface area (Å²) in [5.74, 6) is 0.780. The molecule has 0 aliphatic carbocycles. The van der Waals surface area contributed by atoms with Crippen molar-refractivity contribution < 1.29 is 9.53 Å². The Hall–Kier alpha value is -2.06. The molecular weight excluding hydrogens is 284 g/mol. The first-order valence-electron chi connectivity index (χ1n) is 6.77. The fraction of sp³-hybridized carbons (Fsp3) is 0.167. The van der Waals surface area contributed by atoms with Crippen LogP contribution in [0.1, 0.15) is 35.3 Å². The van der Waals surface area contributed by atoms with Gasteiger partial charge in [0.2, 0.25) is 0 Å². The molecule has 0 N–H and O–H groups in total. The van der Waals surface area contributed by atoms with E-state index >= 15 is 0 Å². The number of hydrogen-bond donors (Lipinski definition) is 0. The molecule has 0 saturated heterocycles. The minimum absolute atomic E-state index is 0.0206. The predicted molar refractivity (Wildman–Crippen MR) is 85.1 cm³/mol. The topological polar surface area (TPSA) is 26.3 Å². The van der Waals surface area contributed by atoms with E-state index in [1.165, 1.54) is 0 Å². The fourth-order valence-corrected chi connectivity index (χ4v) is 2.41. The maximum Gasteiger partial charge on any atom is 0.193 e. The van der Waals surface area contributed by atoms with E-state index in [1.807, 2.05) is 38.1 Å². The highest BCUT2D eigenvalue weighted by Gasteiger charge is 2.22. The average Bonchev–Trinajstić information content (AvgIpc) is 2.46. The van der Waals surface area contributed by atoms with Crippen molar-refractivity contribution in [2.24, 2.45) is 0 Å². The van der Waals surface area contributed by atoms with Crippen LogP contribution in [0.25, 0.3) is 6.08 Å². The van der Waals surface area contributed by atoms with Crippen molar-refractivity contribution in [1.29, 1.82) is 0 Å². The third-order valence-corrected chi connectivity index (χ3v) is 3.67. The molecule has 0 saturated carbocycles. The van der Waals surface area contributed by atoms with Gasteiger partial charge in [-0.2, -0.15) is 0 Å². The van der Waals surface area contributed by atoms with Crippen molar-refractivity contribution in [1.82, 2.24) is 0 Å². The molecule has 2 aromatic rings. The molecule has 0 bridgehead atoms. The molecule has 2 aromatic carbocycles. The Morgan fingerprint density at radius 1 is 1.05 bits per heavy atom. The van der Waals surface area contributed by atoms with E-state index in [9.17, 15) is 4.79 Å². The Labute approximate surface area is 129 Å². The zero-order chi connectivity index (χ0) is 15.0. The van der Waals surface area contributed by atoms with Crippen molar-refractivity contribution in [2.45, 2.75) is 19.4 Å². The van der Waals surface area contributed by atoms with Crippen molar-refractivity contribution in [3.63, 3.8) is 0 Å². The van der Waals surface area contributed by atoms with Gasteiger partial charge in [0.05, 0.1) is 0 Å². The van der Waals surface area contributed by atoms with E-state index < -0.39 is 0 Å². The van der Waals surface area contributed by atoms with Gasteiger partial charge in [-0.1, -0.05) is 17.7 Å². The second-order valence-electron chi connectivity index (χ2n) is 5.63. The molecular formula is C18H15ClO2. The van der Waals surface area contributed by atoms with Gasteiger partial charge in [0.15, 0.2) is 5.78 Å². The van der Waals surface area contributed by atoms with Crippen LogP contribution in [0, 0.1) is 0 Å². The lowest BCUT2D eigenvalue weighted by Gasteiger charge is -2.27. The average molecular weight is 299 g/mol. The van der Waals surface area contributed by atoms with Crippen LogP contribution < -0.4 is 4.74 Å². The summed E-state index contributed by atoms with van der Waals surface area (Å²) in [6, 6.07) is 12.4. The van der Waals surface area contributed by atoms with E-state index in [4.69, 9.17) is 16.3 Å². The van der Waals surface area contributed by atoms with Crippen LogP contribution in [0.15, 0.2) is 48.5 Å². The summed E-state index contributed by atoms with van der Waals surface area (Å²) in [5, 5.41) is 0.621. The number of ketones is 1. The zero-order valence-corrected chi connectivity index (χ0v) is 12.6. The number of benzene rings is 2. The second-order valence-corrected chi connectivity index (χ2v) is 6.06. The minimum Gasteiger partial charge on any atom is -0.483 e. The van der Waals surface area contributed by atoms with Gasteiger partial charge in [0.1, 0.15) is 11.4 Å². The third-order valence-electron chi connectivity index (χ3n) is 3.42. The standard InChI is InChI=1S/C18H15ClO2/c1-18(2)10-9-13-11-14(5-8-16(13)21-18)17(20)12-3-6-15(19)7-4-12/h3-11H,1-2H3. The van der Waals surface area contributed by atoms with Gasteiger partial charge in [-0.3, -0.25) is 4.79 Å². The molecule has 0 spiro atoms. The smallest absolute Gasteiger partial charge is 0.193 e. The van der Waals surface area contributed by atoms with Crippen LogP contribution in [0.3, 0.4) is 0 Å². The third kappa shape index (κ3) is 2.86. The summed E-state index contributed by atoms with van der Waals surface area (Å²) >= 11 is 5.85. The van der Waals surface area contributed by atoms with Crippen LogP contribution in [-0.4, -0.2) is 11.4 Å². The Bertz CT molecular complexity index is 727. The molecule has 0 radical (unpaired) electrons. The van der Waals surface area contributed by atoms with Crippen LogP contribution in [0.4, 0.5) is 0 Å². The molecule has 0 fully saturated rings. The number of carbonyl (C=O) groups is 1. The molecule has 1 heterocycles. The Balaban J connectivity index is 1.94. The number of halogens is 1. The van der Waals surface area contributed by atoms with Crippen molar-refractivity contribution >= 4 is 23.5 Å². The highest BCUT2D eigenvalue weighted by atomic mass is 35.5. The summed E-state index contributed by atoms with van der Waals surface area (Å²) in [6.45, 7) is 4.00. The molecule has 2 nitrogen and oxygen atoms in total. The second kappa shape index (κ2) is 5.05. The highest BCUT2D eigenvalue weighted by molar-refractivity contribution is 6.30. The van der Waals surface area contributed by atoms with Crippen molar-refractivity contribution in [2.75, 3.05) is 0 Å². The van der Waals surface area contributed by atoms with Gasteiger partial charge in [-0.15, -0.1) is 0 Å². The van der Waals surface area contributed by atoms with E-state index in [-0.39, 0.29) is 11.4 Å². The normalized spacial score (nSPS) is 15.2. The summed E-state index contributed by atoms with van der Waals surface area (Å²) in [4.78, 5) is 12.5. The molecule has 0 atom stereocenters. The van der Waals surface area contributed by atoms with E-state index in [0.29, 0.717) is 16.1 Å². The number of fused-ring (bicyclic) bond motifs is 1. The lowest BCUT2D eigenvalue weighted by atomic mass is 9.97. The Morgan fingerprint density at radius 2 is 1.71 bits per heavy atom. The summed E-state index contributed by atoms with van der Waals surface area (Å²) in [6.07, 6.45) is 3.99. The molecule has 3 rings (SSSR count). The van der Waals surface area contributed by atoms with Crippen molar-refractivity contribution in [3.05, 3.63) is 70.3 Å². The molecule has 3 heteroatoms. The molecule has 106 valence electrons. The molecule has 21 heavy (non-hydrogen) atoms. The fourth-order valence-electron chi connectivity index (χ4n) is 2.29. The molecule has 0 amide bonds. The molecule has 1 aliphatic heterocycles. The summed E-state index contributed by atoms with van der Waals surface area (Å²) in [5.41, 5.74) is 1.88. The largest absolute Gasteiger partial charge is 0.483 e. The maximum absolute atomic E-state index is 12.5. The van der Waals surface area contributed by atoms with Gasteiger partial charge in [0.25, 0.3) is 0 Å². The van der Waals surface area contributed by atoms with Gasteiger partial charge in [-0.25, -0.2) is 0 Å². The predicted octanol–water partition coefficient (Wildman–Crippen LogP) is 4.76. The number of rotatable bonds is 2. The molecule has 0 aromatic heterocycles. The first kappa shape index (κ1) is 13.9. The van der Waals surface area contributed by atoms with Crippen LogP contribution in [-0.2, 0) is 0 Å². The van der Waals surface area contributed by atoms with Gasteiger partial charge >= 0.3 is 0 Å². The lowest BCUT2D eigenvalue weighted by Crippen LogP contribution is -2.27. The number of carbonyl (C=O) groups excluding carboxylic acids is 1. The Kier molecular flexibility index (Phi) is 3.34. The minimum atomic E-state index is -0.311. The van der Waals surface area contributed by atoms with Crippen LogP contribution in [0.5, 0.6) is 5.75 Å². The monoisotopic (exact) mass is 298 g/mol. The lowest BCUT2D eigenvalue weighted by molar-refractivity contribution is 0.103.